The smallest absolute Gasteiger partial charge is 0.246 e. The standard InChI is InChI=1S/C8H10ClNO4S2/c1-15(11,12)8-5-3-2-4-7(8)10-16(13,14)6-9/h2-5,10H,6H2,1H3. The summed E-state index contributed by atoms with van der Waals surface area (Å²) in [5.41, 5.74) is 0.00523. The van der Waals surface area contributed by atoms with Gasteiger partial charge in [-0.25, -0.2) is 16.8 Å². The highest BCUT2D eigenvalue weighted by molar-refractivity contribution is 7.94. The summed E-state index contributed by atoms with van der Waals surface area (Å²) in [7, 11) is -7.19. The molecule has 0 bridgehead atoms. The predicted octanol–water partition coefficient (Wildman–Crippen LogP) is 1.03. The number of para-hydroxylation sites is 1. The van der Waals surface area contributed by atoms with Gasteiger partial charge < -0.3 is 0 Å². The Morgan fingerprint density at radius 3 is 2.25 bits per heavy atom. The van der Waals surface area contributed by atoms with Gasteiger partial charge in [-0.1, -0.05) is 12.1 Å². The summed E-state index contributed by atoms with van der Waals surface area (Å²) >= 11 is 5.21. The molecule has 0 atom stereocenters. The molecule has 90 valence electrons. The average Bonchev–Trinajstić information content (AvgIpc) is 2.16. The molecule has 5 nitrogen and oxygen atoms in total. The zero-order valence-corrected chi connectivity index (χ0v) is 10.7. The summed E-state index contributed by atoms with van der Waals surface area (Å²) in [4.78, 5) is -0.0799. The van der Waals surface area contributed by atoms with E-state index in [0.717, 1.165) is 6.26 Å². The van der Waals surface area contributed by atoms with Gasteiger partial charge in [0.05, 0.1) is 10.6 Å². The van der Waals surface area contributed by atoms with Crippen molar-refractivity contribution in [2.75, 3.05) is 16.2 Å². The maximum Gasteiger partial charge on any atom is 0.246 e. The van der Waals surface area contributed by atoms with Crippen LogP contribution in [-0.4, -0.2) is 28.3 Å². The van der Waals surface area contributed by atoms with Crippen molar-refractivity contribution in [3.8, 4) is 0 Å². The third-order valence-corrected chi connectivity index (χ3v) is 4.53. The first-order chi connectivity index (χ1) is 7.26. The highest BCUT2D eigenvalue weighted by atomic mass is 35.5. The Labute approximate surface area is 99.4 Å². The molecule has 0 radical (unpaired) electrons. The Morgan fingerprint density at radius 1 is 1.19 bits per heavy atom. The number of alkyl halides is 1. The number of anilines is 1. The SMILES string of the molecule is CS(=O)(=O)c1ccccc1NS(=O)(=O)CCl. The zero-order chi connectivity index (χ0) is 12.4. The van der Waals surface area contributed by atoms with E-state index in [1.807, 2.05) is 0 Å². The summed E-state index contributed by atoms with van der Waals surface area (Å²) in [6, 6.07) is 5.72. The molecule has 0 spiro atoms. The number of halogens is 1. The number of hydrogen-bond acceptors (Lipinski definition) is 4. The van der Waals surface area contributed by atoms with Crippen LogP contribution in [0.4, 0.5) is 5.69 Å². The van der Waals surface area contributed by atoms with Gasteiger partial charge in [0, 0.05) is 6.26 Å². The van der Waals surface area contributed by atoms with Gasteiger partial charge in [0.15, 0.2) is 9.84 Å². The first kappa shape index (κ1) is 13.3. The lowest BCUT2D eigenvalue weighted by Crippen LogP contribution is -2.15. The van der Waals surface area contributed by atoms with Crippen molar-refractivity contribution < 1.29 is 16.8 Å². The van der Waals surface area contributed by atoms with Gasteiger partial charge in [-0.2, -0.15) is 0 Å². The molecular formula is C8H10ClNO4S2. The molecule has 0 aliphatic carbocycles. The Hall–Kier alpha value is -0.790. The Bertz CT molecular complexity index is 580. The molecular weight excluding hydrogens is 274 g/mol. The molecule has 1 aromatic rings. The van der Waals surface area contributed by atoms with E-state index in [0.29, 0.717) is 0 Å². The molecule has 0 saturated heterocycles. The number of rotatable bonds is 4. The third-order valence-electron chi connectivity index (χ3n) is 1.70. The fourth-order valence-electron chi connectivity index (χ4n) is 1.07. The summed E-state index contributed by atoms with van der Waals surface area (Å²) < 4.78 is 47.2. The van der Waals surface area contributed by atoms with Crippen molar-refractivity contribution in [2.24, 2.45) is 0 Å². The fourth-order valence-corrected chi connectivity index (χ4v) is 2.71. The molecule has 1 rings (SSSR count). The van der Waals surface area contributed by atoms with Crippen LogP contribution in [-0.2, 0) is 19.9 Å². The van der Waals surface area contributed by atoms with Crippen LogP contribution >= 0.6 is 11.6 Å². The minimum atomic E-state index is -3.70. The van der Waals surface area contributed by atoms with E-state index in [1.54, 1.807) is 0 Å². The molecule has 0 aromatic heterocycles. The van der Waals surface area contributed by atoms with Crippen molar-refractivity contribution in [2.45, 2.75) is 4.90 Å². The van der Waals surface area contributed by atoms with Gasteiger partial charge in [0.1, 0.15) is 5.21 Å². The van der Waals surface area contributed by atoms with Crippen LogP contribution in [0.3, 0.4) is 0 Å². The molecule has 0 heterocycles. The molecule has 0 aliphatic rings. The normalized spacial score (nSPS) is 12.4. The van der Waals surface area contributed by atoms with Crippen molar-refractivity contribution in [1.82, 2.24) is 0 Å². The molecule has 0 saturated carbocycles. The Morgan fingerprint density at radius 2 is 1.75 bits per heavy atom. The summed E-state index contributed by atoms with van der Waals surface area (Å²) in [5.74, 6) is 0. The fraction of sp³-hybridized carbons (Fsp3) is 0.250. The summed E-state index contributed by atoms with van der Waals surface area (Å²) in [6.45, 7) is 0. The van der Waals surface area contributed by atoms with Crippen LogP contribution in [0.2, 0.25) is 0 Å². The predicted molar refractivity (Wildman–Crippen MR) is 62.8 cm³/mol. The third kappa shape index (κ3) is 3.36. The lowest BCUT2D eigenvalue weighted by molar-refractivity contribution is 0.602. The minimum Gasteiger partial charge on any atom is -0.281 e. The van der Waals surface area contributed by atoms with E-state index in [-0.39, 0.29) is 10.6 Å². The van der Waals surface area contributed by atoms with Crippen molar-refractivity contribution in [1.29, 1.82) is 0 Å². The second kappa shape index (κ2) is 4.60. The van der Waals surface area contributed by atoms with Crippen LogP contribution in [0.25, 0.3) is 0 Å². The molecule has 1 N–H and O–H groups in total. The molecule has 0 unspecified atom stereocenters. The quantitative estimate of drug-likeness (QED) is 0.837. The molecule has 1 aromatic carbocycles. The zero-order valence-electron chi connectivity index (χ0n) is 8.34. The van der Waals surface area contributed by atoms with Crippen LogP contribution < -0.4 is 4.72 Å². The minimum absolute atomic E-state index is 0.00523. The monoisotopic (exact) mass is 283 g/mol. The second-order valence-corrected chi connectivity index (χ2v) is 7.38. The first-order valence-corrected chi connectivity index (χ1v) is 8.19. The van der Waals surface area contributed by atoms with Gasteiger partial charge in [0.25, 0.3) is 0 Å². The van der Waals surface area contributed by atoms with Gasteiger partial charge in [0.2, 0.25) is 10.0 Å². The van der Waals surface area contributed by atoms with Gasteiger partial charge in [-0.05, 0) is 12.1 Å². The van der Waals surface area contributed by atoms with Gasteiger partial charge >= 0.3 is 0 Å². The van der Waals surface area contributed by atoms with Crippen molar-refractivity contribution >= 4 is 37.1 Å². The average molecular weight is 284 g/mol. The molecule has 8 heteroatoms. The Kier molecular flexibility index (Phi) is 3.82. The largest absolute Gasteiger partial charge is 0.281 e. The van der Waals surface area contributed by atoms with E-state index in [4.69, 9.17) is 11.6 Å². The van der Waals surface area contributed by atoms with E-state index < -0.39 is 25.1 Å². The maximum atomic E-state index is 11.4. The molecule has 16 heavy (non-hydrogen) atoms. The summed E-state index contributed by atoms with van der Waals surface area (Å²) in [6.07, 6.45) is 1.00. The van der Waals surface area contributed by atoms with Gasteiger partial charge in [-0.15, -0.1) is 11.6 Å². The number of benzene rings is 1. The number of nitrogens with one attached hydrogen (secondary N) is 1. The molecule has 0 fully saturated rings. The van der Waals surface area contributed by atoms with Gasteiger partial charge in [-0.3, -0.25) is 4.72 Å². The van der Waals surface area contributed by atoms with E-state index in [1.165, 1.54) is 24.3 Å². The lowest BCUT2D eigenvalue weighted by atomic mass is 10.3. The second-order valence-electron chi connectivity index (χ2n) is 3.09. The van der Waals surface area contributed by atoms with Crippen LogP contribution in [0.5, 0.6) is 0 Å². The molecule has 0 aliphatic heterocycles. The van der Waals surface area contributed by atoms with Crippen LogP contribution in [0.15, 0.2) is 29.2 Å². The number of sulfonamides is 1. The maximum absolute atomic E-state index is 11.4. The number of sulfone groups is 1. The Balaban J connectivity index is 3.26. The van der Waals surface area contributed by atoms with Crippen molar-refractivity contribution in [3.05, 3.63) is 24.3 Å². The lowest BCUT2D eigenvalue weighted by Gasteiger charge is -2.09. The molecule has 0 amide bonds. The van der Waals surface area contributed by atoms with E-state index in [2.05, 4.69) is 4.72 Å². The van der Waals surface area contributed by atoms with Crippen LogP contribution in [0.1, 0.15) is 0 Å². The number of hydrogen-bond donors (Lipinski definition) is 1. The summed E-state index contributed by atoms with van der Waals surface area (Å²) in [5, 5.41) is -0.634. The van der Waals surface area contributed by atoms with E-state index in [9.17, 15) is 16.8 Å². The topological polar surface area (TPSA) is 80.3 Å². The first-order valence-electron chi connectivity index (χ1n) is 4.12. The van der Waals surface area contributed by atoms with Crippen molar-refractivity contribution in [3.63, 3.8) is 0 Å². The van der Waals surface area contributed by atoms with E-state index >= 15 is 0 Å². The highest BCUT2D eigenvalue weighted by Gasteiger charge is 2.16. The van der Waals surface area contributed by atoms with Crippen LogP contribution in [0, 0.1) is 0 Å². The highest BCUT2D eigenvalue weighted by Crippen LogP contribution is 2.21.